The Hall–Kier alpha value is -3.08. The second kappa shape index (κ2) is 7.79. The molecule has 0 radical (unpaired) electrons. The van der Waals surface area contributed by atoms with Crippen molar-refractivity contribution in [2.45, 2.75) is 0 Å². The van der Waals surface area contributed by atoms with Gasteiger partial charge in [0.25, 0.3) is 11.8 Å². The second-order valence-corrected chi connectivity index (χ2v) is 4.73. The third-order valence-electron chi connectivity index (χ3n) is 3.16. The van der Waals surface area contributed by atoms with Crippen molar-refractivity contribution >= 4 is 17.9 Å². The minimum absolute atomic E-state index is 0.162. The van der Waals surface area contributed by atoms with Gasteiger partial charge in [-0.2, -0.15) is 0 Å². The molecule has 0 heterocycles. The van der Waals surface area contributed by atoms with Crippen molar-refractivity contribution in [1.82, 2.24) is 10.6 Å². The molecule has 0 bridgehead atoms. The number of methoxy groups -OCH3 is 1. The van der Waals surface area contributed by atoms with Crippen molar-refractivity contribution < 1.29 is 14.3 Å². The minimum Gasteiger partial charge on any atom is -0.497 e. The van der Waals surface area contributed by atoms with Gasteiger partial charge in [-0.3, -0.25) is 9.59 Å². The first-order valence-corrected chi connectivity index (χ1v) is 7.08. The van der Waals surface area contributed by atoms with Gasteiger partial charge in [0.15, 0.2) is 0 Å². The number of carbonyl (C=O) groups excluding carboxylic acids is 2. The molecule has 0 aromatic heterocycles. The van der Waals surface area contributed by atoms with Crippen molar-refractivity contribution in [3.8, 4) is 5.75 Å². The molecule has 2 aromatic rings. The third-order valence-corrected chi connectivity index (χ3v) is 3.16. The zero-order valence-electron chi connectivity index (χ0n) is 13.0. The number of amides is 2. The van der Waals surface area contributed by atoms with E-state index in [9.17, 15) is 9.59 Å². The Morgan fingerprint density at radius 3 is 2.43 bits per heavy atom. The molecule has 5 heteroatoms. The van der Waals surface area contributed by atoms with Crippen molar-refractivity contribution in [2.75, 3.05) is 14.2 Å². The van der Waals surface area contributed by atoms with Gasteiger partial charge >= 0.3 is 0 Å². The lowest BCUT2D eigenvalue weighted by Crippen LogP contribution is -2.33. The van der Waals surface area contributed by atoms with Gasteiger partial charge in [-0.25, -0.2) is 0 Å². The molecular formula is C18H18N2O3. The van der Waals surface area contributed by atoms with E-state index in [-0.39, 0.29) is 17.5 Å². The lowest BCUT2D eigenvalue weighted by atomic mass is 10.1. The average Bonchev–Trinajstić information content (AvgIpc) is 2.61. The molecule has 0 saturated heterocycles. The SMILES string of the molecule is CNC(=O)/C(=C/c1cccc(OC)c1)NC(=O)c1ccccc1. The quantitative estimate of drug-likeness (QED) is 0.832. The summed E-state index contributed by atoms with van der Waals surface area (Å²) < 4.78 is 5.16. The van der Waals surface area contributed by atoms with E-state index >= 15 is 0 Å². The summed E-state index contributed by atoms with van der Waals surface area (Å²) in [6.07, 6.45) is 1.60. The maximum atomic E-state index is 12.2. The number of hydrogen-bond acceptors (Lipinski definition) is 3. The van der Waals surface area contributed by atoms with Crippen LogP contribution in [0.4, 0.5) is 0 Å². The molecule has 118 valence electrons. The molecule has 2 rings (SSSR count). The Balaban J connectivity index is 2.28. The fraction of sp³-hybridized carbons (Fsp3) is 0.111. The van der Waals surface area contributed by atoms with Crippen LogP contribution in [-0.2, 0) is 4.79 Å². The van der Waals surface area contributed by atoms with Crippen LogP contribution in [0.5, 0.6) is 5.75 Å². The van der Waals surface area contributed by atoms with Crippen LogP contribution in [0.1, 0.15) is 15.9 Å². The monoisotopic (exact) mass is 310 g/mol. The van der Waals surface area contributed by atoms with E-state index in [4.69, 9.17) is 4.74 Å². The lowest BCUT2D eigenvalue weighted by Gasteiger charge is -2.09. The average molecular weight is 310 g/mol. The highest BCUT2D eigenvalue weighted by atomic mass is 16.5. The second-order valence-electron chi connectivity index (χ2n) is 4.73. The highest BCUT2D eigenvalue weighted by molar-refractivity contribution is 6.05. The van der Waals surface area contributed by atoms with Crippen LogP contribution in [0.3, 0.4) is 0 Å². The van der Waals surface area contributed by atoms with Gasteiger partial charge in [0.05, 0.1) is 7.11 Å². The van der Waals surface area contributed by atoms with Gasteiger partial charge in [-0.1, -0.05) is 30.3 Å². The molecule has 0 aliphatic rings. The molecule has 0 unspecified atom stereocenters. The molecule has 0 fully saturated rings. The molecule has 0 aliphatic carbocycles. The van der Waals surface area contributed by atoms with E-state index in [1.54, 1.807) is 49.6 Å². The maximum Gasteiger partial charge on any atom is 0.267 e. The number of nitrogens with one attached hydrogen (secondary N) is 2. The molecule has 2 aromatic carbocycles. The molecule has 2 N–H and O–H groups in total. The van der Waals surface area contributed by atoms with E-state index in [0.29, 0.717) is 11.3 Å². The summed E-state index contributed by atoms with van der Waals surface area (Å²) in [6.45, 7) is 0. The molecular weight excluding hydrogens is 292 g/mol. The number of carbonyl (C=O) groups is 2. The fourth-order valence-electron chi connectivity index (χ4n) is 1.98. The van der Waals surface area contributed by atoms with Crippen molar-refractivity contribution in [3.05, 3.63) is 71.4 Å². The number of ether oxygens (including phenoxy) is 1. The van der Waals surface area contributed by atoms with Crippen LogP contribution in [0.15, 0.2) is 60.3 Å². The van der Waals surface area contributed by atoms with Gasteiger partial charge in [0.1, 0.15) is 11.4 Å². The summed E-state index contributed by atoms with van der Waals surface area (Å²) in [6, 6.07) is 15.9. The highest BCUT2D eigenvalue weighted by Crippen LogP contribution is 2.15. The normalized spacial score (nSPS) is 10.8. The molecule has 23 heavy (non-hydrogen) atoms. The van der Waals surface area contributed by atoms with Crippen molar-refractivity contribution in [1.29, 1.82) is 0 Å². The first-order chi connectivity index (χ1) is 11.1. The first kappa shape index (κ1) is 16.3. The molecule has 2 amide bonds. The number of hydrogen-bond donors (Lipinski definition) is 2. The molecule has 0 aliphatic heterocycles. The summed E-state index contributed by atoms with van der Waals surface area (Å²) in [7, 11) is 3.08. The number of benzene rings is 2. The lowest BCUT2D eigenvalue weighted by molar-refractivity contribution is -0.117. The van der Waals surface area contributed by atoms with Crippen molar-refractivity contribution in [3.63, 3.8) is 0 Å². The Labute approximate surface area is 135 Å². The molecule has 0 spiro atoms. The number of likely N-dealkylation sites (N-methyl/N-ethyl adjacent to an activating group) is 1. The largest absolute Gasteiger partial charge is 0.497 e. The van der Waals surface area contributed by atoms with Gasteiger partial charge in [0.2, 0.25) is 0 Å². The Kier molecular flexibility index (Phi) is 5.52. The van der Waals surface area contributed by atoms with E-state index < -0.39 is 0 Å². The van der Waals surface area contributed by atoms with E-state index in [2.05, 4.69) is 10.6 Å². The van der Waals surface area contributed by atoms with Crippen molar-refractivity contribution in [2.24, 2.45) is 0 Å². The predicted octanol–water partition coefficient (Wildman–Crippen LogP) is 2.21. The molecule has 0 atom stereocenters. The summed E-state index contributed by atoms with van der Waals surface area (Å²) in [5, 5.41) is 5.16. The zero-order valence-corrected chi connectivity index (χ0v) is 13.0. The Morgan fingerprint density at radius 2 is 1.78 bits per heavy atom. The summed E-state index contributed by atoms with van der Waals surface area (Å²) in [5.41, 5.74) is 1.39. The van der Waals surface area contributed by atoms with Crippen LogP contribution >= 0.6 is 0 Å². The smallest absolute Gasteiger partial charge is 0.267 e. The van der Waals surface area contributed by atoms with Crippen LogP contribution in [0.2, 0.25) is 0 Å². The minimum atomic E-state index is -0.378. The fourth-order valence-corrected chi connectivity index (χ4v) is 1.98. The summed E-state index contributed by atoms with van der Waals surface area (Å²) in [5.74, 6) is -0.0511. The topological polar surface area (TPSA) is 67.4 Å². The molecule has 5 nitrogen and oxygen atoms in total. The maximum absolute atomic E-state index is 12.2. The highest BCUT2D eigenvalue weighted by Gasteiger charge is 2.13. The standard InChI is InChI=1S/C18H18N2O3/c1-19-18(22)16(12-13-7-6-10-15(11-13)23-2)20-17(21)14-8-4-3-5-9-14/h3-12H,1-2H3,(H,19,22)(H,20,21)/b16-12-. The van der Waals surface area contributed by atoms with Crippen LogP contribution in [0, 0.1) is 0 Å². The predicted molar refractivity (Wildman–Crippen MR) is 88.9 cm³/mol. The van der Waals surface area contributed by atoms with Gasteiger partial charge < -0.3 is 15.4 Å². The Bertz CT molecular complexity index is 724. The zero-order chi connectivity index (χ0) is 16.7. The van der Waals surface area contributed by atoms with Crippen LogP contribution in [0.25, 0.3) is 6.08 Å². The van der Waals surface area contributed by atoms with Gasteiger partial charge in [0, 0.05) is 12.6 Å². The first-order valence-electron chi connectivity index (χ1n) is 7.08. The summed E-state index contributed by atoms with van der Waals surface area (Å²) in [4.78, 5) is 24.2. The van der Waals surface area contributed by atoms with Crippen LogP contribution in [-0.4, -0.2) is 26.0 Å². The van der Waals surface area contributed by atoms with E-state index in [0.717, 1.165) is 5.56 Å². The van der Waals surface area contributed by atoms with Gasteiger partial charge in [-0.05, 0) is 35.9 Å². The van der Waals surface area contributed by atoms with Gasteiger partial charge in [-0.15, -0.1) is 0 Å². The number of rotatable bonds is 5. The van der Waals surface area contributed by atoms with E-state index in [1.165, 1.54) is 7.05 Å². The van der Waals surface area contributed by atoms with Crippen LogP contribution < -0.4 is 15.4 Å². The van der Waals surface area contributed by atoms with E-state index in [1.807, 2.05) is 18.2 Å². The third kappa shape index (κ3) is 4.44. The summed E-state index contributed by atoms with van der Waals surface area (Å²) >= 11 is 0. The molecule has 0 saturated carbocycles. The Morgan fingerprint density at radius 1 is 1.04 bits per heavy atom.